The first-order chi connectivity index (χ1) is 9.78. The predicted octanol–water partition coefficient (Wildman–Crippen LogP) is 4.08. The maximum Gasteiger partial charge on any atom is 0.248 e. The van der Waals surface area contributed by atoms with Crippen LogP contribution < -0.4 is 10.1 Å². The molecule has 0 aliphatic heterocycles. The molecule has 20 heavy (non-hydrogen) atoms. The monoisotopic (exact) mass is 271 g/mol. The first kappa shape index (κ1) is 14.4. The highest BCUT2D eigenvalue weighted by Crippen LogP contribution is 2.25. The van der Waals surface area contributed by atoms with Gasteiger partial charge in [0.25, 0.3) is 0 Å². The Labute approximate surface area is 120 Å². The molecule has 1 aromatic carbocycles. The molecule has 0 aromatic heterocycles. The molecular formula is C17H21NO2. The van der Waals surface area contributed by atoms with E-state index < -0.39 is 0 Å². The lowest BCUT2D eigenvalue weighted by molar-refractivity contribution is -0.111. The molecule has 0 heterocycles. The highest BCUT2D eigenvalue weighted by molar-refractivity contribution is 5.99. The summed E-state index contributed by atoms with van der Waals surface area (Å²) in [6, 6.07) is 7.57. The smallest absolute Gasteiger partial charge is 0.248 e. The second-order valence-corrected chi connectivity index (χ2v) is 4.93. The molecule has 1 aromatic rings. The third-order valence-electron chi connectivity index (χ3n) is 3.26. The van der Waals surface area contributed by atoms with E-state index >= 15 is 0 Å². The van der Waals surface area contributed by atoms with Gasteiger partial charge >= 0.3 is 0 Å². The lowest BCUT2D eigenvalue weighted by Gasteiger charge is -2.13. The van der Waals surface area contributed by atoms with Gasteiger partial charge in [-0.3, -0.25) is 4.79 Å². The van der Waals surface area contributed by atoms with Crippen molar-refractivity contribution in [2.45, 2.75) is 38.7 Å². The molecule has 3 nitrogen and oxygen atoms in total. The summed E-state index contributed by atoms with van der Waals surface area (Å²) in [6.45, 7) is 1.91. The summed E-state index contributed by atoms with van der Waals surface area (Å²) < 4.78 is 5.92. The van der Waals surface area contributed by atoms with Crippen LogP contribution in [-0.4, -0.2) is 12.0 Å². The van der Waals surface area contributed by atoms with Crippen molar-refractivity contribution in [2.75, 3.05) is 5.32 Å². The number of hydrogen-bond donors (Lipinski definition) is 1. The number of rotatable bonds is 5. The Bertz CT molecular complexity index is 499. The fourth-order valence-corrected chi connectivity index (χ4v) is 2.28. The van der Waals surface area contributed by atoms with E-state index in [1.165, 1.54) is 18.9 Å². The molecule has 1 aliphatic rings. The normalized spacial score (nSPS) is 16.1. The third-order valence-corrected chi connectivity index (χ3v) is 3.26. The van der Waals surface area contributed by atoms with E-state index in [9.17, 15) is 4.79 Å². The Balaban J connectivity index is 1.93. The molecule has 0 unspecified atom stereocenters. The van der Waals surface area contributed by atoms with Crippen molar-refractivity contribution >= 4 is 11.6 Å². The van der Waals surface area contributed by atoms with E-state index in [0.717, 1.165) is 24.3 Å². The van der Waals surface area contributed by atoms with Crippen LogP contribution in [0.5, 0.6) is 5.75 Å². The highest BCUT2D eigenvalue weighted by atomic mass is 16.5. The number of ether oxygens (including phenoxy) is 1. The molecule has 0 bridgehead atoms. The van der Waals surface area contributed by atoms with Gasteiger partial charge in [-0.1, -0.05) is 24.3 Å². The maximum absolute atomic E-state index is 11.7. The summed E-state index contributed by atoms with van der Waals surface area (Å²) in [5, 5.41) is 2.83. The molecule has 0 saturated heterocycles. The van der Waals surface area contributed by atoms with Gasteiger partial charge in [-0.2, -0.15) is 0 Å². The van der Waals surface area contributed by atoms with Gasteiger partial charge in [-0.25, -0.2) is 0 Å². The van der Waals surface area contributed by atoms with E-state index in [-0.39, 0.29) is 5.91 Å². The number of hydrogen-bond acceptors (Lipinski definition) is 2. The van der Waals surface area contributed by atoms with Gasteiger partial charge in [0.2, 0.25) is 5.91 Å². The summed E-state index contributed by atoms with van der Waals surface area (Å²) in [5.41, 5.74) is 0.760. The number of carbonyl (C=O) groups excluding carboxylic acids is 1. The molecule has 1 fully saturated rings. The molecule has 1 saturated carbocycles. The molecule has 1 N–H and O–H groups in total. The van der Waals surface area contributed by atoms with Crippen molar-refractivity contribution in [2.24, 2.45) is 0 Å². The molecular weight excluding hydrogens is 250 g/mol. The molecule has 1 aliphatic carbocycles. The van der Waals surface area contributed by atoms with Crippen LogP contribution in [0.15, 0.2) is 48.6 Å². The Kier molecular flexibility index (Phi) is 5.42. The van der Waals surface area contributed by atoms with Crippen LogP contribution in [0, 0.1) is 0 Å². The van der Waals surface area contributed by atoms with Crippen LogP contribution in [-0.2, 0) is 4.79 Å². The second-order valence-electron chi connectivity index (χ2n) is 4.93. The van der Waals surface area contributed by atoms with Gasteiger partial charge in [0, 0.05) is 17.8 Å². The van der Waals surface area contributed by atoms with Crippen LogP contribution >= 0.6 is 0 Å². The average Bonchev–Trinajstić information content (AvgIpc) is 2.92. The fourth-order valence-electron chi connectivity index (χ4n) is 2.28. The van der Waals surface area contributed by atoms with E-state index in [4.69, 9.17) is 4.74 Å². The van der Waals surface area contributed by atoms with E-state index in [0.29, 0.717) is 6.10 Å². The minimum atomic E-state index is -0.138. The van der Waals surface area contributed by atoms with Crippen LogP contribution in [0.1, 0.15) is 32.6 Å². The zero-order chi connectivity index (χ0) is 14.2. The van der Waals surface area contributed by atoms with Crippen LogP contribution in [0.2, 0.25) is 0 Å². The van der Waals surface area contributed by atoms with Crippen molar-refractivity contribution in [3.8, 4) is 5.75 Å². The second kappa shape index (κ2) is 7.53. The quantitative estimate of drug-likeness (QED) is 0.647. The zero-order valence-electron chi connectivity index (χ0n) is 11.8. The summed E-state index contributed by atoms with van der Waals surface area (Å²) in [4.78, 5) is 11.7. The number of amides is 1. The Hall–Kier alpha value is -2.03. The van der Waals surface area contributed by atoms with Gasteiger partial charge < -0.3 is 10.1 Å². The third kappa shape index (κ3) is 4.57. The molecule has 0 spiro atoms. The van der Waals surface area contributed by atoms with Crippen molar-refractivity contribution in [1.82, 2.24) is 0 Å². The summed E-state index contributed by atoms with van der Waals surface area (Å²) in [6.07, 6.45) is 12.0. The van der Waals surface area contributed by atoms with E-state index in [1.807, 2.05) is 43.3 Å². The maximum atomic E-state index is 11.7. The van der Waals surface area contributed by atoms with Crippen LogP contribution in [0.25, 0.3) is 0 Å². The Morgan fingerprint density at radius 1 is 1.30 bits per heavy atom. The minimum absolute atomic E-state index is 0.138. The minimum Gasteiger partial charge on any atom is -0.490 e. The fraction of sp³-hybridized carbons (Fsp3) is 0.353. The van der Waals surface area contributed by atoms with Gasteiger partial charge in [-0.15, -0.1) is 0 Å². The van der Waals surface area contributed by atoms with Crippen molar-refractivity contribution in [3.63, 3.8) is 0 Å². The van der Waals surface area contributed by atoms with Crippen LogP contribution in [0.4, 0.5) is 5.69 Å². The Morgan fingerprint density at radius 2 is 2.10 bits per heavy atom. The van der Waals surface area contributed by atoms with E-state index in [1.54, 1.807) is 6.08 Å². The molecule has 106 valence electrons. The number of allylic oxidation sites excluding steroid dienone is 3. The standard InChI is InChI=1S/C17H21NO2/c1-2-3-4-12-17(19)18-14-8-7-11-16(13-14)20-15-9-5-6-10-15/h2-4,7-8,11-13,15H,5-6,9-10H2,1H3,(H,18,19). The summed E-state index contributed by atoms with van der Waals surface area (Å²) in [5.74, 6) is 0.688. The summed E-state index contributed by atoms with van der Waals surface area (Å²) in [7, 11) is 0. The average molecular weight is 271 g/mol. The summed E-state index contributed by atoms with van der Waals surface area (Å²) >= 11 is 0. The molecule has 1 amide bonds. The topological polar surface area (TPSA) is 38.3 Å². The molecule has 0 atom stereocenters. The van der Waals surface area contributed by atoms with Gasteiger partial charge in [-0.05, 0) is 44.7 Å². The van der Waals surface area contributed by atoms with Crippen molar-refractivity contribution in [3.05, 3.63) is 48.6 Å². The molecule has 2 rings (SSSR count). The zero-order valence-corrected chi connectivity index (χ0v) is 11.8. The predicted molar refractivity (Wildman–Crippen MR) is 81.9 cm³/mol. The first-order valence-electron chi connectivity index (χ1n) is 7.15. The largest absolute Gasteiger partial charge is 0.490 e. The number of anilines is 1. The lowest BCUT2D eigenvalue weighted by Crippen LogP contribution is -2.11. The van der Waals surface area contributed by atoms with Gasteiger partial charge in [0.05, 0.1) is 6.10 Å². The van der Waals surface area contributed by atoms with Crippen molar-refractivity contribution < 1.29 is 9.53 Å². The lowest BCUT2D eigenvalue weighted by atomic mass is 10.2. The van der Waals surface area contributed by atoms with Crippen LogP contribution in [0.3, 0.4) is 0 Å². The molecule has 3 heteroatoms. The number of nitrogens with one attached hydrogen (secondary N) is 1. The number of benzene rings is 1. The Morgan fingerprint density at radius 3 is 2.85 bits per heavy atom. The van der Waals surface area contributed by atoms with Gasteiger partial charge in [0.1, 0.15) is 5.75 Å². The van der Waals surface area contributed by atoms with Gasteiger partial charge in [0.15, 0.2) is 0 Å². The highest BCUT2D eigenvalue weighted by Gasteiger charge is 2.16. The first-order valence-corrected chi connectivity index (χ1v) is 7.15. The SMILES string of the molecule is CC=CC=CC(=O)Nc1cccc(OC2CCCC2)c1. The van der Waals surface area contributed by atoms with E-state index in [2.05, 4.69) is 5.32 Å². The molecule has 0 radical (unpaired) electrons. The van der Waals surface area contributed by atoms with Crippen molar-refractivity contribution in [1.29, 1.82) is 0 Å². The number of carbonyl (C=O) groups is 1.